The minimum atomic E-state index is -1.02. The summed E-state index contributed by atoms with van der Waals surface area (Å²) >= 11 is 0. The number of aromatic carboxylic acids is 1. The van der Waals surface area contributed by atoms with Crippen molar-refractivity contribution in [2.24, 2.45) is 0 Å². The summed E-state index contributed by atoms with van der Waals surface area (Å²) in [6, 6.07) is 10.7. The molecule has 0 spiro atoms. The van der Waals surface area contributed by atoms with Gasteiger partial charge < -0.3 is 14.9 Å². The van der Waals surface area contributed by atoms with Crippen LogP contribution in [0.25, 0.3) is 10.9 Å². The van der Waals surface area contributed by atoms with Crippen LogP contribution in [0.5, 0.6) is 0 Å². The van der Waals surface area contributed by atoms with E-state index in [0.29, 0.717) is 18.1 Å². The zero-order chi connectivity index (χ0) is 13.9. The molecule has 20 heavy (non-hydrogen) atoms. The Kier molecular flexibility index (Phi) is 3.04. The molecule has 0 unspecified atom stereocenters. The third kappa shape index (κ3) is 2.31. The molecular formula is C14H11N3O3. The van der Waals surface area contributed by atoms with Gasteiger partial charge in [0, 0.05) is 11.5 Å². The Labute approximate surface area is 114 Å². The molecule has 0 aliphatic heterocycles. The number of carboxylic acid groups (broad SMARTS) is 1. The van der Waals surface area contributed by atoms with Gasteiger partial charge in [-0.25, -0.2) is 9.78 Å². The van der Waals surface area contributed by atoms with Gasteiger partial charge in [0.2, 0.25) is 0 Å². The number of hydrogen-bond acceptors (Lipinski definition) is 5. The van der Waals surface area contributed by atoms with Gasteiger partial charge in [-0.1, -0.05) is 23.4 Å². The van der Waals surface area contributed by atoms with Crippen molar-refractivity contribution in [1.29, 1.82) is 0 Å². The molecule has 2 heterocycles. The molecule has 0 saturated heterocycles. The number of nitrogens with one attached hydrogen (secondary N) is 1. The summed E-state index contributed by atoms with van der Waals surface area (Å²) in [6.07, 6.45) is 1.53. The summed E-state index contributed by atoms with van der Waals surface area (Å²) in [5, 5.41) is 16.6. The monoisotopic (exact) mass is 269 g/mol. The summed E-state index contributed by atoms with van der Waals surface area (Å²) in [5.41, 5.74) is 0.862. The maximum atomic E-state index is 11.3. The molecule has 3 rings (SSSR count). The first-order valence-corrected chi connectivity index (χ1v) is 6.00. The molecule has 6 nitrogen and oxygen atoms in total. The lowest BCUT2D eigenvalue weighted by Gasteiger charge is -2.08. The van der Waals surface area contributed by atoms with Gasteiger partial charge in [-0.05, 0) is 12.1 Å². The highest BCUT2D eigenvalue weighted by molar-refractivity contribution is 5.98. The second-order valence-corrected chi connectivity index (χ2v) is 4.21. The lowest BCUT2D eigenvalue weighted by molar-refractivity contribution is 0.0697. The van der Waals surface area contributed by atoms with E-state index in [-0.39, 0.29) is 5.56 Å². The Bertz CT molecular complexity index is 753. The van der Waals surface area contributed by atoms with Crippen molar-refractivity contribution in [3.8, 4) is 0 Å². The van der Waals surface area contributed by atoms with Crippen LogP contribution in [0.1, 0.15) is 16.1 Å². The molecule has 100 valence electrons. The Balaban J connectivity index is 1.98. The molecule has 0 radical (unpaired) electrons. The van der Waals surface area contributed by atoms with E-state index in [4.69, 9.17) is 4.52 Å². The lowest BCUT2D eigenvalue weighted by atomic mass is 10.1. The second-order valence-electron chi connectivity index (χ2n) is 4.21. The number of nitrogens with zero attached hydrogens (tertiary/aromatic N) is 2. The molecule has 0 saturated carbocycles. The lowest BCUT2D eigenvalue weighted by Crippen LogP contribution is -2.08. The third-order valence-corrected chi connectivity index (χ3v) is 2.88. The second kappa shape index (κ2) is 5.00. The smallest absolute Gasteiger partial charge is 0.339 e. The maximum absolute atomic E-state index is 11.3. The first-order valence-electron chi connectivity index (χ1n) is 6.00. The van der Waals surface area contributed by atoms with Crippen LogP contribution < -0.4 is 5.32 Å². The number of carbonyl (C=O) groups is 1. The molecule has 0 bridgehead atoms. The number of fused-ring (bicyclic) bond motifs is 1. The standard InChI is InChI=1S/C14H11N3O3/c18-14(19)11-7-9-3-1-2-4-12(9)17-13(11)15-8-10-5-6-16-20-10/h1-7H,8H2,(H,15,17)(H,18,19). The summed E-state index contributed by atoms with van der Waals surface area (Å²) in [7, 11) is 0. The fourth-order valence-corrected chi connectivity index (χ4v) is 1.92. The van der Waals surface area contributed by atoms with E-state index >= 15 is 0 Å². The van der Waals surface area contributed by atoms with Crippen molar-refractivity contribution in [1.82, 2.24) is 10.1 Å². The summed E-state index contributed by atoms with van der Waals surface area (Å²) in [6.45, 7) is 0.325. The van der Waals surface area contributed by atoms with E-state index in [9.17, 15) is 9.90 Å². The molecule has 0 atom stereocenters. The van der Waals surface area contributed by atoms with Crippen molar-refractivity contribution < 1.29 is 14.4 Å². The highest BCUT2D eigenvalue weighted by Gasteiger charge is 2.13. The Morgan fingerprint density at radius 1 is 1.30 bits per heavy atom. The molecule has 2 aromatic heterocycles. The first kappa shape index (κ1) is 12.2. The number of anilines is 1. The van der Waals surface area contributed by atoms with Gasteiger partial charge in [-0.3, -0.25) is 0 Å². The van der Waals surface area contributed by atoms with Gasteiger partial charge in [-0.2, -0.15) is 0 Å². The number of rotatable bonds is 4. The quantitative estimate of drug-likeness (QED) is 0.756. The maximum Gasteiger partial charge on any atom is 0.339 e. The molecule has 6 heteroatoms. The van der Waals surface area contributed by atoms with Crippen LogP contribution in [0, 0.1) is 0 Å². The van der Waals surface area contributed by atoms with Gasteiger partial charge in [0.15, 0.2) is 5.76 Å². The average molecular weight is 269 g/mol. The van der Waals surface area contributed by atoms with Crippen LogP contribution in [0.15, 0.2) is 47.1 Å². The van der Waals surface area contributed by atoms with Crippen molar-refractivity contribution in [3.05, 3.63) is 53.9 Å². The SMILES string of the molecule is O=C(O)c1cc2ccccc2nc1NCc1ccno1. The zero-order valence-corrected chi connectivity index (χ0v) is 10.4. The predicted octanol–water partition coefficient (Wildman–Crippen LogP) is 2.53. The van der Waals surface area contributed by atoms with Crippen LogP contribution in [0.2, 0.25) is 0 Å². The van der Waals surface area contributed by atoms with Crippen LogP contribution in [0.3, 0.4) is 0 Å². The molecule has 0 aliphatic carbocycles. The van der Waals surface area contributed by atoms with E-state index in [1.165, 1.54) is 6.20 Å². The van der Waals surface area contributed by atoms with Crippen LogP contribution in [0.4, 0.5) is 5.82 Å². The van der Waals surface area contributed by atoms with Crippen LogP contribution in [-0.2, 0) is 6.54 Å². The number of benzene rings is 1. The molecule has 2 N–H and O–H groups in total. The van der Waals surface area contributed by atoms with Gasteiger partial charge in [0.25, 0.3) is 0 Å². The first-order chi connectivity index (χ1) is 9.74. The largest absolute Gasteiger partial charge is 0.478 e. The number of aromatic nitrogens is 2. The number of pyridine rings is 1. The van der Waals surface area contributed by atoms with Crippen molar-refractivity contribution in [2.75, 3.05) is 5.32 Å². The molecule has 0 fully saturated rings. The summed E-state index contributed by atoms with van der Waals surface area (Å²) in [4.78, 5) is 15.7. The molecular weight excluding hydrogens is 258 g/mol. The zero-order valence-electron chi connectivity index (χ0n) is 10.4. The molecule has 0 aliphatic rings. The highest BCUT2D eigenvalue weighted by Crippen LogP contribution is 2.21. The van der Waals surface area contributed by atoms with Gasteiger partial charge in [0.1, 0.15) is 11.4 Å². The van der Waals surface area contributed by atoms with Crippen molar-refractivity contribution in [2.45, 2.75) is 6.54 Å². The molecule has 1 aromatic carbocycles. The van der Waals surface area contributed by atoms with Gasteiger partial charge in [-0.15, -0.1) is 0 Å². The average Bonchev–Trinajstić information content (AvgIpc) is 2.97. The topological polar surface area (TPSA) is 88.2 Å². The van der Waals surface area contributed by atoms with E-state index in [1.54, 1.807) is 12.1 Å². The number of hydrogen-bond donors (Lipinski definition) is 2. The van der Waals surface area contributed by atoms with Crippen molar-refractivity contribution in [3.63, 3.8) is 0 Å². The Hall–Kier alpha value is -2.89. The van der Waals surface area contributed by atoms with E-state index in [0.717, 1.165) is 10.9 Å². The molecule has 3 aromatic rings. The Morgan fingerprint density at radius 3 is 2.90 bits per heavy atom. The predicted molar refractivity (Wildman–Crippen MR) is 72.5 cm³/mol. The number of para-hydroxylation sites is 1. The number of carboxylic acids is 1. The minimum Gasteiger partial charge on any atom is -0.478 e. The van der Waals surface area contributed by atoms with Gasteiger partial charge >= 0.3 is 5.97 Å². The summed E-state index contributed by atoms with van der Waals surface area (Å²) in [5.74, 6) is -0.104. The highest BCUT2D eigenvalue weighted by atomic mass is 16.5. The third-order valence-electron chi connectivity index (χ3n) is 2.88. The fourth-order valence-electron chi connectivity index (χ4n) is 1.92. The van der Waals surface area contributed by atoms with Gasteiger partial charge in [0.05, 0.1) is 18.3 Å². The Morgan fingerprint density at radius 2 is 2.15 bits per heavy atom. The van der Waals surface area contributed by atoms with Crippen LogP contribution >= 0.6 is 0 Å². The van der Waals surface area contributed by atoms with E-state index in [1.807, 2.05) is 24.3 Å². The minimum absolute atomic E-state index is 0.128. The normalized spacial score (nSPS) is 10.6. The van der Waals surface area contributed by atoms with E-state index in [2.05, 4.69) is 15.5 Å². The summed E-state index contributed by atoms with van der Waals surface area (Å²) < 4.78 is 4.96. The van der Waals surface area contributed by atoms with E-state index < -0.39 is 5.97 Å². The fraction of sp³-hybridized carbons (Fsp3) is 0.0714. The van der Waals surface area contributed by atoms with Crippen molar-refractivity contribution >= 4 is 22.7 Å². The van der Waals surface area contributed by atoms with Crippen LogP contribution in [-0.4, -0.2) is 21.2 Å². The molecule has 0 amide bonds.